The van der Waals surface area contributed by atoms with Crippen LogP contribution < -0.4 is 0 Å². The topological polar surface area (TPSA) is 76.1 Å². The Morgan fingerprint density at radius 3 is 1.95 bits per heavy atom. The lowest BCUT2D eigenvalue weighted by Crippen LogP contribution is -2.48. The van der Waals surface area contributed by atoms with Crippen molar-refractivity contribution in [1.29, 1.82) is 0 Å². The maximum Gasteiger partial charge on any atom is 0.339 e. The fourth-order valence-corrected chi connectivity index (χ4v) is 5.14. The number of benzene rings is 3. The quantitative estimate of drug-likeness (QED) is 0.365. The number of methoxy groups -OCH3 is 2. The van der Waals surface area contributed by atoms with Gasteiger partial charge in [0.1, 0.15) is 11.7 Å². The predicted octanol–water partition coefficient (Wildman–Crippen LogP) is 6.11. The number of hydrogen-bond donors (Lipinski definition) is 1. The van der Waals surface area contributed by atoms with Crippen LogP contribution in [0.3, 0.4) is 0 Å². The Morgan fingerprint density at radius 2 is 1.41 bits per heavy atom. The molecule has 3 unspecified atom stereocenters. The first-order valence-electron chi connectivity index (χ1n) is 11.8. The summed E-state index contributed by atoms with van der Waals surface area (Å²) in [5.74, 6) is -2.95. The van der Waals surface area contributed by atoms with Crippen LogP contribution in [0.4, 0.5) is 0 Å². The normalized spacial score (nSPS) is 19.9. The van der Waals surface area contributed by atoms with E-state index in [-0.39, 0.29) is 11.3 Å². The van der Waals surface area contributed by atoms with E-state index in [9.17, 15) is 14.7 Å². The number of halogens is 2. The van der Waals surface area contributed by atoms with Crippen molar-refractivity contribution in [2.45, 2.75) is 18.5 Å². The Balaban J connectivity index is 1.96. The van der Waals surface area contributed by atoms with Crippen LogP contribution >= 0.6 is 23.2 Å². The molecule has 37 heavy (non-hydrogen) atoms. The molecule has 1 aliphatic heterocycles. The molecule has 3 aromatic carbocycles. The second-order valence-electron chi connectivity index (χ2n) is 8.72. The van der Waals surface area contributed by atoms with Crippen LogP contribution in [0, 0.1) is 5.92 Å². The van der Waals surface area contributed by atoms with Crippen LogP contribution in [0.5, 0.6) is 0 Å². The number of esters is 2. The zero-order valence-electron chi connectivity index (χ0n) is 20.4. The number of rotatable bonds is 7. The molecule has 0 amide bonds. The van der Waals surface area contributed by atoms with Gasteiger partial charge in [0.25, 0.3) is 0 Å². The van der Waals surface area contributed by atoms with Crippen LogP contribution in [0.15, 0.2) is 90.2 Å². The Hall–Kier alpha value is -3.32. The van der Waals surface area contributed by atoms with E-state index in [0.29, 0.717) is 28.6 Å². The molecule has 1 heterocycles. The second-order valence-corrected chi connectivity index (χ2v) is 9.59. The Labute approximate surface area is 226 Å². The summed E-state index contributed by atoms with van der Waals surface area (Å²) in [4.78, 5) is 28.3. The number of aliphatic hydroxyl groups is 1. The van der Waals surface area contributed by atoms with Crippen molar-refractivity contribution in [3.63, 3.8) is 0 Å². The molecule has 8 heteroatoms. The van der Waals surface area contributed by atoms with E-state index >= 15 is 0 Å². The van der Waals surface area contributed by atoms with Crippen LogP contribution in [0.2, 0.25) is 10.0 Å². The number of nitrogens with zero attached hydrogens (tertiary/aromatic N) is 1. The molecule has 6 nitrogen and oxygen atoms in total. The first-order chi connectivity index (χ1) is 17.8. The third-order valence-electron chi connectivity index (χ3n) is 6.61. The molecular formula is C29H27Cl2NO5. The van der Waals surface area contributed by atoms with Gasteiger partial charge in [0.05, 0.1) is 31.9 Å². The number of carbonyl (C=O) groups excluding carboxylic acids is 2. The summed E-state index contributed by atoms with van der Waals surface area (Å²) in [6.45, 7) is 0.450. The lowest BCUT2D eigenvalue weighted by molar-refractivity contribution is -0.149. The van der Waals surface area contributed by atoms with Crippen LogP contribution in [0.25, 0.3) is 0 Å². The Kier molecular flexibility index (Phi) is 8.54. The van der Waals surface area contributed by atoms with Crippen molar-refractivity contribution in [2.75, 3.05) is 20.8 Å². The molecule has 0 saturated heterocycles. The van der Waals surface area contributed by atoms with Gasteiger partial charge in [-0.3, -0.25) is 9.69 Å². The lowest BCUT2D eigenvalue weighted by Gasteiger charge is -2.45. The minimum absolute atomic E-state index is 0.0153. The molecule has 3 atom stereocenters. The molecule has 1 aliphatic rings. The molecule has 0 fully saturated rings. The minimum atomic E-state index is -1.17. The molecule has 4 rings (SSSR count). The Morgan fingerprint density at radius 1 is 0.838 bits per heavy atom. The van der Waals surface area contributed by atoms with Gasteiger partial charge in [0, 0.05) is 16.6 Å². The lowest BCUT2D eigenvalue weighted by atomic mass is 9.79. The van der Waals surface area contributed by atoms with Crippen LogP contribution in [-0.2, 0) is 25.5 Å². The number of carbonyl (C=O) groups is 2. The van der Waals surface area contributed by atoms with E-state index in [1.165, 1.54) is 14.2 Å². The van der Waals surface area contributed by atoms with Gasteiger partial charge in [-0.2, -0.15) is 0 Å². The molecule has 0 radical (unpaired) electrons. The monoisotopic (exact) mass is 539 g/mol. The number of aliphatic hydroxyl groups excluding tert-OH is 1. The van der Waals surface area contributed by atoms with E-state index < -0.39 is 29.9 Å². The van der Waals surface area contributed by atoms with Crippen molar-refractivity contribution >= 4 is 35.1 Å². The van der Waals surface area contributed by atoms with E-state index in [4.69, 9.17) is 32.7 Å². The van der Waals surface area contributed by atoms with Crippen molar-refractivity contribution in [2.24, 2.45) is 5.92 Å². The zero-order valence-corrected chi connectivity index (χ0v) is 21.9. The van der Waals surface area contributed by atoms with Gasteiger partial charge in [-0.1, -0.05) is 77.8 Å². The Bertz CT molecular complexity index is 1280. The van der Waals surface area contributed by atoms with Crippen molar-refractivity contribution < 1.29 is 24.2 Å². The minimum Gasteiger partial charge on any atom is -0.511 e. The summed E-state index contributed by atoms with van der Waals surface area (Å²) in [5, 5.41) is 12.6. The van der Waals surface area contributed by atoms with Crippen LogP contribution in [0.1, 0.15) is 28.8 Å². The highest BCUT2D eigenvalue weighted by molar-refractivity contribution is 6.30. The molecule has 0 spiro atoms. The van der Waals surface area contributed by atoms with Gasteiger partial charge >= 0.3 is 11.9 Å². The van der Waals surface area contributed by atoms with Gasteiger partial charge in [-0.05, 0) is 47.4 Å². The number of ether oxygens (including phenoxy) is 2. The van der Waals surface area contributed by atoms with Gasteiger partial charge < -0.3 is 14.6 Å². The van der Waals surface area contributed by atoms with Gasteiger partial charge in [0.2, 0.25) is 0 Å². The smallest absolute Gasteiger partial charge is 0.339 e. The first kappa shape index (κ1) is 26.7. The van der Waals surface area contributed by atoms with Gasteiger partial charge in [-0.15, -0.1) is 0 Å². The van der Waals surface area contributed by atoms with Crippen LogP contribution in [-0.4, -0.2) is 42.7 Å². The van der Waals surface area contributed by atoms with Crippen molar-refractivity contribution in [3.8, 4) is 0 Å². The summed E-state index contributed by atoms with van der Waals surface area (Å²) in [6, 6.07) is 22.7. The largest absolute Gasteiger partial charge is 0.511 e. The average Bonchev–Trinajstić information content (AvgIpc) is 2.92. The van der Waals surface area contributed by atoms with Gasteiger partial charge in [-0.25, -0.2) is 4.79 Å². The fraction of sp³-hybridized carbons (Fsp3) is 0.241. The summed E-state index contributed by atoms with van der Waals surface area (Å²) in [7, 11) is 2.50. The molecular weight excluding hydrogens is 513 g/mol. The molecule has 0 aliphatic carbocycles. The first-order valence-corrected chi connectivity index (χ1v) is 12.5. The highest BCUT2D eigenvalue weighted by Crippen LogP contribution is 2.48. The third kappa shape index (κ3) is 5.67. The van der Waals surface area contributed by atoms with E-state index in [1.807, 2.05) is 47.4 Å². The highest BCUT2D eigenvalue weighted by Gasteiger charge is 2.50. The predicted molar refractivity (Wildman–Crippen MR) is 142 cm³/mol. The van der Waals surface area contributed by atoms with Crippen molar-refractivity contribution in [3.05, 3.63) is 117 Å². The molecule has 0 aromatic heterocycles. The summed E-state index contributed by atoms with van der Waals surface area (Å²) >= 11 is 12.3. The molecule has 192 valence electrons. The molecule has 1 N–H and O–H groups in total. The molecule has 0 bridgehead atoms. The van der Waals surface area contributed by atoms with E-state index in [0.717, 1.165) is 11.1 Å². The maximum atomic E-state index is 13.2. The number of hydrogen-bond acceptors (Lipinski definition) is 6. The summed E-state index contributed by atoms with van der Waals surface area (Å²) < 4.78 is 10.2. The highest BCUT2D eigenvalue weighted by atomic mass is 35.5. The molecule has 3 aromatic rings. The summed E-state index contributed by atoms with van der Waals surface area (Å²) in [6.07, 6.45) is 0.623. The fourth-order valence-electron chi connectivity index (χ4n) is 4.89. The maximum absolute atomic E-state index is 13.2. The van der Waals surface area contributed by atoms with Crippen molar-refractivity contribution in [1.82, 2.24) is 4.90 Å². The van der Waals surface area contributed by atoms with E-state index in [1.54, 1.807) is 36.4 Å². The molecule has 0 saturated carbocycles. The second kappa shape index (κ2) is 11.8. The van der Waals surface area contributed by atoms with E-state index in [2.05, 4.69) is 0 Å². The summed E-state index contributed by atoms with van der Waals surface area (Å²) in [5.41, 5.74) is 2.52. The zero-order chi connectivity index (χ0) is 26.5. The SMILES string of the molecule is COC(=O)C1=C(O)C(C(=O)OC)C(c2ccc(Cl)cc2)N(CCc2ccccc2)C1c1ccc(Cl)cc1. The average molecular weight is 540 g/mol. The van der Waals surface area contributed by atoms with Gasteiger partial charge in [0.15, 0.2) is 0 Å². The standard InChI is InChI=1S/C29H27Cl2NO5/c1-36-28(34)23-25(19-8-12-21(30)13-9-19)32(17-16-18-6-4-3-5-7-18)26(20-10-14-22(31)15-11-20)24(27(23)33)29(35)37-2/h3-15,23,25-26,33H,16-17H2,1-2H3. The third-order valence-corrected chi connectivity index (χ3v) is 7.11.